The van der Waals surface area contributed by atoms with Gasteiger partial charge in [-0.1, -0.05) is 48.0 Å². The molecule has 1 N–H and O–H groups in total. The van der Waals surface area contributed by atoms with Crippen LogP contribution in [0.1, 0.15) is 30.9 Å². The molecule has 0 aliphatic rings. The van der Waals surface area contributed by atoms with E-state index in [-0.39, 0.29) is 6.61 Å². The van der Waals surface area contributed by atoms with Crippen LogP contribution in [0.4, 0.5) is 0 Å². The van der Waals surface area contributed by atoms with E-state index in [4.69, 9.17) is 4.74 Å². The van der Waals surface area contributed by atoms with Gasteiger partial charge in [-0.15, -0.1) is 0 Å². The average molecular weight is 321 g/mol. The summed E-state index contributed by atoms with van der Waals surface area (Å²) in [6.45, 7) is 4.24. The molecule has 0 aromatic heterocycles. The first kappa shape index (κ1) is 14.1. The van der Waals surface area contributed by atoms with Crippen molar-refractivity contribution < 1.29 is 9.84 Å². The van der Waals surface area contributed by atoms with E-state index in [0.717, 1.165) is 21.3 Å². The summed E-state index contributed by atoms with van der Waals surface area (Å²) in [5.74, 6) is 1.90. The van der Waals surface area contributed by atoms with Crippen molar-refractivity contribution in [3.63, 3.8) is 0 Å². The highest BCUT2D eigenvalue weighted by atomic mass is 79.9. The highest BCUT2D eigenvalue weighted by Crippen LogP contribution is 2.34. The SMILES string of the molecule is CC(C)c1cc(Br)ccc1Oc1ccccc1CO. The Morgan fingerprint density at radius 3 is 2.53 bits per heavy atom. The molecule has 19 heavy (non-hydrogen) atoms. The third-order valence-electron chi connectivity index (χ3n) is 2.96. The van der Waals surface area contributed by atoms with Crippen LogP contribution in [-0.4, -0.2) is 5.11 Å². The molecule has 0 saturated carbocycles. The molecule has 2 nitrogen and oxygen atoms in total. The molecule has 0 spiro atoms. The Morgan fingerprint density at radius 1 is 1.11 bits per heavy atom. The lowest BCUT2D eigenvalue weighted by molar-refractivity contribution is 0.276. The van der Waals surface area contributed by atoms with Crippen LogP contribution in [0.15, 0.2) is 46.9 Å². The molecule has 3 heteroatoms. The zero-order chi connectivity index (χ0) is 13.8. The number of benzene rings is 2. The van der Waals surface area contributed by atoms with Gasteiger partial charge in [0.05, 0.1) is 6.61 Å². The van der Waals surface area contributed by atoms with Crippen molar-refractivity contribution in [2.45, 2.75) is 26.4 Å². The Bertz CT molecular complexity index is 564. The van der Waals surface area contributed by atoms with Crippen LogP contribution in [0.5, 0.6) is 11.5 Å². The summed E-state index contributed by atoms with van der Waals surface area (Å²) in [5, 5.41) is 9.33. The molecule has 2 rings (SSSR count). The largest absolute Gasteiger partial charge is 0.457 e. The molecule has 0 aliphatic carbocycles. The zero-order valence-electron chi connectivity index (χ0n) is 11.1. The lowest BCUT2D eigenvalue weighted by atomic mass is 10.0. The summed E-state index contributed by atoms with van der Waals surface area (Å²) in [6.07, 6.45) is 0. The predicted molar refractivity (Wildman–Crippen MR) is 80.7 cm³/mol. The van der Waals surface area contributed by atoms with Gasteiger partial charge in [0, 0.05) is 10.0 Å². The average Bonchev–Trinajstić information content (AvgIpc) is 2.41. The second-order valence-electron chi connectivity index (χ2n) is 4.70. The van der Waals surface area contributed by atoms with Gasteiger partial charge in [-0.3, -0.25) is 0 Å². The van der Waals surface area contributed by atoms with Crippen molar-refractivity contribution in [1.29, 1.82) is 0 Å². The van der Waals surface area contributed by atoms with E-state index in [9.17, 15) is 5.11 Å². The third-order valence-corrected chi connectivity index (χ3v) is 3.45. The van der Waals surface area contributed by atoms with Gasteiger partial charge < -0.3 is 9.84 Å². The zero-order valence-corrected chi connectivity index (χ0v) is 12.6. The monoisotopic (exact) mass is 320 g/mol. The minimum absolute atomic E-state index is 0.0241. The fourth-order valence-corrected chi connectivity index (χ4v) is 2.29. The van der Waals surface area contributed by atoms with Crippen LogP contribution in [-0.2, 0) is 6.61 Å². The molecule has 0 bridgehead atoms. The maximum absolute atomic E-state index is 9.33. The first-order valence-electron chi connectivity index (χ1n) is 6.28. The lowest BCUT2D eigenvalue weighted by Gasteiger charge is -2.15. The molecular formula is C16H17BrO2. The van der Waals surface area contributed by atoms with Gasteiger partial charge in [0.15, 0.2) is 0 Å². The number of hydrogen-bond acceptors (Lipinski definition) is 2. The number of ether oxygens (including phenoxy) is 1. The number of hydrogen-bond donors (Lipinski definition) is 1. The summed E-state index contributed by atoms with van der Waals surface area (Å²) in [5.41, 5.74) is 1.93. The first-order valence-corrected chi connectivity index (χ1v) is 7.07. The minimum atomic E-state index is -0.0241. The van der Waals surface area contributed by atoms with Crippen LogP contribution >= 0.6 is 15.9 Å². The van der Waals surface area contributed by atoms with Gasteiger partial charge in [0.1, 0.15) is 11.5 Å². The Labute approximate surface area is 122 Å². The van der Waals surface area contributed by atoms with Crippen molar-refractivity contribution in [1.82, 2.24) is 0 Å². The molecule has 0 radical (unpaired) electrons. The molecule has 0 saturated heterocycles. The second kappa shape index (κ2) is 6.22. The Kier molecular flexibility index (Phi) is 4.61. The molecule has 0 unspecified atom stereocenters. The lowest BCUT2D eigenvalue weighted by Crippen LogP contribution is -1.96. The molecule has 0 amide bonds. The maximum atomic E-state index is 9.33. The molecular weight excluding hydrogens is 304 g/mol. The third kappa shape index (κ3) is 3.37. The number of aliphatic hydroxyl groups excluding tert-OH is 1. The Balaban J connectivity index is 2.38. The molecule has 100 valence electrons. The van der Waals surface area contributed by atoms with E-state index in [1.165, 1.54) is 0 Å². The summed E-state index contributed by atoms with van der Waals surface area (Å²) in [4.78, 5) is 0. The summed E-state index contributed by atoms with van der Waals surface area (Å²) >= 11 is 3.48. The fourth-order valence-electron chi connectivity index (χ4n) is 1.92. The van der Waals surface area contributed by atoms with Crippen molar-refractivity contribution >= 4 is 15.9 Å². The van der Waals surface area contributed by atoms with Gasteiger partial charge in [0.25, 0.3) is 0 Å². The minimum Gasteiger partial charge on any atom is -0.457 e. The van der Waals surface area contributed by atoms with Crippen molar-refractivity contribution in [3.05, 3.63) is 58.1 Å². The van der Waals surface area contributed by atoms with Crippen LogP contribution in [0, 0.1) is 0 Å². The second-order valence-corrected chi connectivity index (χ2v) is 5.62. The number of rotatable bonds is 4. The highest BCUT2D eigenvalue weighted by molar-refractivity contribution is 9.10. The molecule has 0 atom stereocenters. The van der Waals surface area contributed by atoms with E-state index < -0.39 is 0 Å². The predicted octanol–water partition coefficient (Wildman–Crippen LogP) is 4.86. The fraction of sp³-hybridized carbons (Fsp3) is 0.250. The highest BCUT2D eigenvalue weighted by Gasteiger charge is 2.11. The molecule has 0 fully saturated rings. The van der Waals surface area contributed by atoms with Crippen LogP contribution in [0.2, 0.25) is 0 Å². The van der Waals surface area contributed by atoms with E-state index >= 15 is 0 Å². The number of para-hydroxylation sites is 1. The smallest absolute Gasteiger partial charge is 0.132 e. The van der Waals surface area contributed by atoms with E-state index in [1.54, 1.807) is 0 Å². The topological polar surface area (TPSA) is 29.5 Å². The number of aliphatic hydroxyl groups is 1. The van der Waals surface area contributed by atoms with Gasteiger partial charge >= 0.3 is 0 Å². The van der Waals surface area contributed by atoms with E-state index in [2.05, 4.69) is 35.8 Å². The van der Waals surface area contributed by atoms with Crippen LogP contribution in [0.3, 0.4) is 0 Å². The van der Waals surface area contributed by atoms with Gasteiger partial charge in [-0.05, 0) is 35.7 Å². The molecule has 0 aliphatic heterocycles. The number of halogens is 1. The Morgan fingerprint density at radius 2 is 1.84 bits per heavy atom. The van der Waals surface area contributed by atoms with Crippen LogP contribution < -0.4 is 4.74 Å². The van der Waals surface area contributed by atoms with E-state index in [1.807, 2.05) is 36.4 Å². The van der Waals surface area contributed by atoms with E-state index in [0.29, 0.717) is 11.7 Å². The summed E-state index contributed by atoms with van der Waals surface area (Å²) in [6, 6.07) is 13.5. The first-order chi connectivity index (χ1) is 9.11. The quantitative estimate of drug-likeness (QED) is 0.871. The summed E-state index contributed by atoms with van der Waals surface area (Å²) < 4.78 is 7.01. The standard InChI is InChI=1S/C16H17BrO2/c1-11(2)14-9-13(17)7-8-16(14)19-15-6-4-3-5-12(15)10-18/h3-9,11,18H,10H2,1-2H3. The van der Waals surface area contributed by atoms with Gasteiger partial charge in [-0.2, -0.15) is 0 Å². The normalized spacial score (nSPS) is 10.8. The maximum Gasteiger partial charge on any atom is 0.132 e. The molecule has 0 heterocycles. The molecule has 2 aromatic carbocycles. The molecule has 2 aromatic rings. The summed E-state index contributed by atoms with van der Waals surface area (Å²) in [7, 11) is 0. The van der Waals surface area contributed by atoms with Crippen LogP contribution in [0.25, 0.3) is 0 Å². The van der Waals surface area contributed by atoms with Gasteiger partial charge in [0.2, 0.25) is 0 Å². The van der Waals surface area contributed by atoms with Crippen molar-refractivity contribution in [2.24, 2.45) is 0 Å². The van der Waals surface area contributed by atoms with Crippen molar-refractivity contribution in [3.8, 4) is 11.5 Å². The van der Waals surface area contributed by atoms with Gasteiger partial charge in [-0.25, -0.2) is 0 Å². The van der Waals surface area contributed by atoms with Crippen molar-refractivity contribution in [2.75, 3.05) is 0 Å². The Hall–Kier alpha value is -1.32.